The molecule has 33 heavy (non-hydrogen) atoms. The summed E-state index contributed by atoms with van der Waals surface area (Å²) in [6, 6.07) is 8.61. The van der Waals surface area contributed by atoms with Gasteiger partial charge >= 0.3 is 12.1 Å². The van der Waals surface area contributed by atoms with E-state index in [9.17, 15) is 23.1 Å². The van der Waals surface area contributed by atoms with Crippen LogP contribution in [0.1, 0.15) is 34.5 Å². The van der Waals surface area contributed by atoms with E-state index < -0.39 is 29.2 Å². The molecule has 3 rings (SSSR count). The van der Waals surface area contributed by atoms with Gasteiger partial charge in [0, 0.05) is 23.2 Å². The summed E-state index contributed by atoms with van der Waals surface area (Å²) in [5.74, 6) is -2.21. The lowest BCUT2D eigenvalue weighted by molar-refractivity contribution is -0.274. The van der Waals surface area contributed by atoms with E-state index in [1.165, 1.54) is 44.4 Å². The zero-order chi connectivity index (χ0) is 24.4. The van der Waals surface area contributed by atoms with Crippen LogP contribution < -0.4 is 4.74 Å². The quantitative estimate of drug-likeness (QED) is 0.361. The Kier molecular flexibility index (Phi) is 7.11. The molecule has 174 valence electrons. The Morgan fingerprint density at radius 1 is 1.09 bits per heavy atom. The molecule has 2 atom stereocenters. The van der Waals surface area contributed by atoms with E-state index in [1.807, 2.05) is 0 Å². The zero-order valence-electron chi connectivity index (χ0n) is 17.1. The third-order valence-corrected chi connectivity index (χ3v) is 5.47. The van der Waals surface area contributed by atoms with Crippen molar-refractivity contribution >= 4 is 29.2 Å². The molecule has 0 amide bonds. The van der Waals surface area contributed by atoms with Crippen molar-refractivity contribution < 1.29 is 32.5 Å². The number of hydrogen-bond donors (Lipinski definition) is 1. The summed E-state index contributed by atoms with van der Waals surface area (Å²) >= 11 is 11.9. The van der Waals surface area contributed by atoms with Crippen molar-refractivity contribution in [1.82, 2.24) is 15.2 Å². The lowest BCUT2D eigenvalue weighted by atomic mass is 9.78. The van der Waals surface area contributed by atoms with Gasteiger partial charge < -0.3 is 14.6 Å². The predicted octanol–water partition coefficient (Wildman–Crippen LogP) is 5.31. The summed E-state index contributed by atoms with van der Waals surface area (Å²) in [6.45, 7) is 1.18. The highest BCUT2D eigenvalue weighted by Gasteiger charge is 2.59. The molecule has 0 saturated carbocycles. The van der Waals surface area contributed by atoms with Crippen molar-refractivity contribution in [3.63, 3.8) is 0 Å². The van der Waals surface area contributed by atoms with Crippen LogP contribution in [0.4, 0.5) is 13.2 Å². The maximum Gasteiger partial charge on any atom is 0.422 e. The number of pyridine rings is 1. The van der Waals surface area contributed by atoms with E-state index in [1.54, 1.807) is 0 Å². The van der Waals surface area contributed by atoms with Crippen LogP contribution in [0.25, 0.3) is 0 Å². The lowest BCUT2D eigenvalue weighted by Crippen LogP contribution is -2.46. The minimum Gasteiger partial charge on any atom is -0.464 e. The van der Waals surface area contributed by atoms with E-state index >= 15 is 0 Å². The molecular formula is C21H16Cl2F3N3O4. The number of halogens is 5. The number of benzene rings is 1. The minimum absolute atomic E-state index is 0.0233. The van der Waals surface area contributed by atoms with E-state index in [0.717, 1.165) is 18.3 Å². The fourth-order valence-electron chi connectivity index (χ4n) is 3.15. The van der Waals surface area contributed by atoms with Gasteiger partial charge in [0.15, 0.2) is 11.3 Å². The third kappa shape index (κ3) is 5.02. The molecule has 0 aliphatic rings. The van der Waals surface area contributed by atoms with E-state index in [2.05, 4.69) is 19.9 Å². The van der Waals surface area contributed by atoms with E-state index in [-0.39, 0.29) is 33.1 Å². The Morgan fingerprint density at radius 2 is 1.82 bits per heavy atom. The van der Waals surface area contributed by atoms with Crippen molar-refractivity contribution in [3.8, 4) is 11.6 Å². The zero-order valence-corrected chi connectivity index (χ0v) is 18.6. The smallest absolute Gasteiger partial charge is 0.422 e. The second kappa shape index (κ2) is 9.50. The number of esters is 1. The predicted molar refractivity (Wildman–Crippen MR) is 113 cm³/mol. The molecule has 1 N–H and O–H groups in total. The number of carbonyl (C=O) groups excluding carboxylic acids is 1. The van der Waals surface area contributed by atoms with Crippen molar-refractivity contribution in [2.45, 2.75) is 24.6 Å². The van der Waals surface area contributed by atoms with Gasteiger partial charge in [0.2, 0.25) is 5.88 Å². The van der Waals surface area contributed by atoms with Crippen LogP contribution in [0, 0.1) is 0 Å². The van der Waals surface area contributed by atoms with Crippen LogP contribution in [-0.2, 0) is 10.3 Å². The summed E-state index contributed by atoms with van der Waals surface area (Å²) in [7, 11) is 1.19. The number of carbonyl (C=O) groups is 1. The molecule has 0 saturated heterocycles. The van der Waals surface area contributed by atoms with Crippen LogP contribution in [0.15, 0.2) is 48.7 Å². The molecule has 2 heterocycles. The number of aromatic nitrogens is 3. The molecule has 2 aromatic heterocycles. The first-order valence-corrected chi connectivity index (χ1v) is 10.0. The molecule has 0 fully saturated rings. The standard InChI is InChI=1S/C21H16Cl2F3N3O4/c1-11(20(31,21(24,25)26)12-7-8-27-17(23)9-12)14-10-13(3-4-15(14)22)33-18-6-5-16(28-29-18)19(30)32-2/h3-11,31H,1-2H3. The molecule has 0 aliphatic heterocycles. The number of methoxy groups -OCH3 is 1. The number of nitrogens with zero attached hydrogens (tertiary/aromatic N) is 3. The topological polar surface area (TPSA) is 94.4 Å². The van der Waals surface area contributed by atoms with Gasteiger partial charge in [-0.1, -0.05) is 30.1 Å². The summed E-state index contributed by atoms with van der Waals surface area (Å²) in [5, 5.41) is 18.1. The SMILES string of the molecule is COC(=O)c1ccc(Oc2ccc(Cl)c(C(C)C(O)(c3ccnc(Cl)c3)C(F)(F)F)c2)nn1. The molecule has 0 spiro atoms. The molecule has 0 aliphatic carbocycles. The largest absolute Gasteiger partial charge is 0.464 e. The fourth-order valence-corrected chi connectivity index (χ4v) is 3.60. The van der Waals surface area contributed by atoms with Crippen LogP contribution in [0.3, 0.4) is 0 Å². The molecule has 0 bridgehead atoms. The highest BCUT2D eigenvalue weighted by atomic mass is 35.5. The van der Waals surface area contributed by atoms with Crippen molar-refractivity contribution in [2.24, 2.45) is 0 Å². The number of rotatable bonds is 6. The first kappa shape index (κ1) is 24.7. The average molecular weight is 502 g/mol. The van der Waals surface area contributed by atoms with Gasteiger partial charge in [0.05, 0.1) is 7.11 Å². The highest BCUT2D eigenvalue weighted by Crippen LogP contribution is 2.50. The maximum absolute atomic E-state index is 14.1. The van der Waals surface area contributed by atoms with Crippen molar-refractivity contribution in [1.29, 1.82) is 0 Å². The molecule has 12 heteroatoms. The van der Waals surface area contributed by atoms with Gasteiger partial charge in [-0.2, -0.15) is 13.2 Å². The normalized spacial score (nSPS) is 14.3. The molecule has 7 nitrogen and oxygen atoms in total. The fraction of sp³-hybridized carbons (Fsp3) is 0.238. The van der Waals surface area contributed by atoms with Gasteiger partial charge in [-0.3, -0.25) is 0 Å². The number of hydrogen-bond acceptors (Lipinski definition) is 7. The molecule has 2 unspecified atom stereocenters. The Bertz CT molecular complexity index is 1160. The van der Waals surface area contributed by atoms with Crippen molar-refractivity contribution in [2.75, 3.05) is 7.11 Å². The Morgan fingerprint density at radius 3 is 2.39 bits per heavy atom. The van der Waals surface area contributed by atoms with Crippen LogP contribution in [-0.4, -0.2) is 39.5 Å². The van der Waals surface area contributed by atoms with E-state index in [0.29, 0.717) is 0 Å². The van der Waals surface area contributed by atoms with E-state index in [4.69, 9.17) is 27.9 Å². The van der Waals surface area contributed by atoms with Gasteiger partial charge in [0.25, 0.3) is 0 Å². The summed E-state index contributed by atoms with van der Waals surface area (Å²) in [4.78, 5) is 15.1. The van der Waals surface area contributed by atoms with Crippen molar-refractivity contribution in [3.05, 3.63) is 75.7 Å². The molecule has 1 aromatic carbocycles. The monoisotopic (exact) mass is 501 g/mol. The Balaban J connectivity index is 1.98. The Hall–Kier alpha value is -2.95. The first-order chi connectivity index (χ1) is 15.5. The van der Waals surface area contributed by atoms with Crippen LogP contribution in [0.2, 0.25) is 10.2 Å². The molecule has 0 radical (unpaired) electrons. The number of alkyl halides is 3. The van der Waals surface area contributed by atoms with Gasteiger partial charge in [0.1, 0.15) is 10.9 Å². The summed E-state index contributed by atoms with van der Waals surface area (Å²) in [6.07, 6.45) is -4.01. The van der Waals surface area contributed by atoms with Gasteiger partial charge in [-0.25, -0.2) is 9.78 Å². The summed E-state index contributed by atoms with van der Waals surface area (Å²) < 4.78 is 52.4. The van der Waals surface area contributed by atoms with Crippen LogP contribution >= 0.6 is 23.2 Å². The second-order valence-electron chi connectivity index (χ2n) is 6.89. The lowest BCUT2D eigenvalue weighted by Gasteiger charge is -2.37. The van der Waals surface area contributed by atoms with Crippen LogP contribution in [0.5, 0.6) is 11.6 Å². The highest BCUT2D eigenvalue weighted by molar-refractivity contribution is 6.31. The Labute approximate surface area is 196 Å². The molecular weight excluding hydrogens is 486 g/mol. The van der Waals surface area contributed by atoms with Gasteiger partial charge in [-0.15, -0.1) is 10.2 Å². The average Bonchev–Trinajstić information content (AvgIpc) is 2.78. The minimum atomic E-state index is -5.08. The second-order valence-corrected chi connectivity index (χ2v) is 7.68. The summed E-state index contributed by atoms with van der Waals surface area (Å²) in [5.41, 5.74) is -3.92. The maximum atomic E-state index is 14.1. The molecule has 3 aromatic rings. The van der Waals surface area contributed by atoms with Gasteiger partial charge in [-0.05, 0) is 47.5 Å². The first-order valence-electron chi connectivity index (χ1n) is 9.28. The third-order valence-electron chi connectivity index (χ3n) is 4.92. The number of aliphatic hydroxyl groups is 1. The number of ether oxygens (including phenoxy) is 2.